The molecule has 120 valence electrons. The number of fused-ring (bicyclic) bond motifs is 1. The van der Waals surface area contributed by atoms with Crippen molar-refractivity contribution < 1.29 is 19.0 Å². The molecular formula is C16H13Cl2NO4. The molecule has 1 N–H and O–H groups in total. The fraction of sp³-hybridized carbons (Fsp3) is 0.188. The molecule has 5 nitrogen and oxygen atoms in total. The summed E-state index contributed by atoms with van der Waals surface area (Å²) in [7, 11) is 0. The summed E-state index contributed by atoms with van der Waals surface area (Å²) < 4.78 is 16.1. The van der Waals surface area contributed by atoms with Crippen molar-refractivity contribution in [2.24, 2.45) is 0 Å². The first-order valence-corrected chi connectivity index (χ1v) is 7.61. The first kappa shape index (κ1) is 15.8. The Morgan fingerprint density at radius 3 is 2.78 bits per heavy atom. The molecule has 1 aliphatic heterocycles. The lowest BCUT2D eigenvalue weighted by atomic mass is 10.2. The van der Waals surface area contributed by atoms with Crippen molar-refractivity contribution in [2.75, 3.05) is 12.1 Å². The monoisotopic (exact) mass is 353 g/mol. The van der Waals surface area contributed by atoms with Crippen LogP contribution in [0.5, 0.6) is 17.2 Å². The molecule has 0 aliphatic carbocycles. The van der Waals surface area contributed by atoms with Crippen LogP contribution in [-0.2, 0) is 4.79 Å². The van der Waals surface area contributed by atoms with Crippen molar-refractivity contribution in [3.05, 3.63) is 46.4 Å². The zero-order valence-electron chi connectivity index (χ0n) is 12.1. The zero-order chi connectivity index (χ0) is 16.4. The maximum atomic E-state index is 12.2. The van der Waals surface area contributed by atoms with Crippen molar-refractivity contribution in [1.29, 1.82) is 0 Å². The predicted molar refractivity (Wildman–Crippen MR) is 87.7 cm³/mol. The third-order valence-electron chi connectivity index (χ3n) is 3.21. The third kappa shape index (κ3) is 3.63. The number of carbonyl (C=O) groups is 1. The summed E-state index contributed by atoms with van der Waals surface area (Å²) in [5.41, 5.74) is 0.435. The Hall–Kier alpha value is -2.11. The van der Waals surface area contributed by atoms with Gasteiger partial charge in [0.25, 0.3) is 5.91 Å². The average molecular weight is 354 g/mol. The van der Waals surface area contributed by atoms with Crippen LogP contribution < -0.4 is 19.5 Å². The number of rotatable bonds is 4. The Bertz CT molecular complexity index is 751. The molecule has 0 spiro atoms. The van der Waals surface area contributed by atoms with Gasteiger partial charge < -0.3 is 19.5 Å². The summed E-state index contributed by atoms with van der Waals surface area (Å²) in [6.45, 7) is 1.82. The van der Waals surface area contributed by atoms with Crippen molar-refractivity contribution in [1.82, 2.24) is 0 Å². The molecule has 0 fully saturated rings. The number of hydrogen-bond donors (Lipinski definition) is 1. The number of nitrogens with one attached hydrogen (secondary N) is 1. The van der Waals surface area contributed by atoms with Crippen molar-refractivity contribution in [2.45, 2.75) is 13.0 Å². The van der Waals surface area contributed by atoms with E-state index in [4.69, 9.17) is 37.4 Å². The minimum atomic E-state index is -0.731. The molecule has 1 atom stereocenters. The largest absolute Gasteiger partial charge is 0.481 e. The van der Waals surface area contributed by atoms with Gasteiger partial charge in [-0.25, -0.2) is 0 Å². The maximum Gasteiger partial charge on any atom is 0.265 e. The van der Waals surface area contributed by atoms with E-state index in [0.717, 1.165) is 0 Å². The summed E-state index contributed by atoms with van der Waals surface area (Å²) in [6.07, 6.45) is -0.731. The van der Waals surface area contributed by atoms with Crippen LogP contribution in [0.4, 0.5) is 5.69 Å². The van der Waals surface area contributed by atoms with Crippen molar-refractivity contribution in [3.63, 3.8) is 0 Å². The van der Waals surface area contributed by atoms with E-state index in [1.165, 1.54) is 0 Å². The van der Waals surface area contributed by atoms with E-state index in [1.54, 1.807) is 43.3 Å². The highest BCUT2D eigenvalue weighted by Gasteiger charge is 2.19. The second kappa shape index (κ2) is 6.56. The molecule has 7 heteroatoms. The molecule has 0 radical (unpaired) electrons. The van der Waals surface area contributed by atoms with E-state index in [-0.39, 0.29) is 12.7 Å². The summed E-state index contributed by atoms with van der Waals surface area (Å²) in [4.78, 5) is 12.2. The Balaban J connectivity index is 1.67. The fourth-order valence-corrected chi connectivity index (χ4v) is 2.37. The van der Waals surface area contributed by atoms with Crippen LogP contribution in [0.25, 0.3) is 0 Å². The highest BCUT2D eigenvalue weighted by Crippen LogP contribution is 2.35. The van der Waals surface area contributed by atoms with Gasteiger partial charge in [0.2, 0.25) is 6.79 Å². The molecule has 1 aliphatic rings. The van der Waals surface area contributed by atoms with Crippen LogP contribution >= 0.6 is 23.2 Å². The first-order valence-electron chi connectivity index (χ1n) is 6.85. The number of carbonyl (C=O) groups excluding carboxylic acids is 1. The fourth-order valence-electron chi connectivity index (χ4n) is 2.04. The number of amides is 1. The van der Waals surface area contributed by atoms with Gasteiger partial charge in [-0.1, -0.05) is 23.2 Å². The van der Waals surface area contributed by atoms with Gasteiger partial charge >= 0.3 is 0 Å². The molecule has 0 aromatic heterocycles. The summed E-state index contributed by atoms with van der Waals surface area (Å²) in [5.74, 6) is 1.41. The summed E-state index contributed by atoms with van der Waals surface area (Å²) in [6, 6.07) is 9.96. The highest BCUT2D eigenvalue weighted by molar-refractivity contribution is 6.35. The minimum Gasteiger partial charge on any atom is -0.481 e. The van der Waals surface area contributed by atoms with E-state index in [1.807, 2.05) is 0 Å². The zero-order valence-corrected chi connectivity index (χ0v) is 13.6. The van der Waals surface area contributed by atoms with Gasteiger partial charge in [-0.15, -0.1) is 0 Å². The molecule has 0 bridgehead atoms. The van der Waals surface area contributed by atoms with Crippen LogP contribution in [0.1, 0.15) is 6.92 Å². The number of anilines is 1. The minimum absolute atomic E-state index is 0.183. The predicted octanol–water partition coefficient (Wildman–Crippen LogP) is 4.13. The highest BCUT2D eigenvalue weighted by atomic mass is 35.5. The number of hydrogen-bond acceptors (Lipinski definition) is 4. The number of benzene rings is 2. The Morgan fingerprint density at radius 2 is 1.96 bits per heavy atom. The van der Waals surface area contributed by atoms with E-state index in [9.17, 15) is 4.79 Å². The molecular weight excluding hydrogens is 341 g/mol. The number of halogens is 2. The summed E-state index contributed by atoms with van der Waals surface area (Å²) in [5, 5.41) is 3.57. The van der Waals surface area contributed by atoms with Gasteiger partial charge in [-0.05, 0) is 37.3 Å². The van der Waals surface area contributed by atoms with Gasteiger partial charge in [0.05, 0.1) is 10.7 Å². The van der Waals surface area contributed by atoms with Crippen LogP contribution in [0.3, 0.4) is 0 Å². The molecule has 0 saturated heterocycles. The number of ether oxygens (including phenoxy) is 3. The van der Waals surface area contributed by atoms with Crippen LogP contribution in [0.15, 0.2) is 36.4 Å². The molecule has 1 amide bonds. The lowest BCUT2D eigenvalue weighted by Gasteiger charge is -2.15. The SMILES string of the molecule is C[C@H](Oc1ccc2c(c1)OCO2)C(=O)Nc1cc(Cl)ccc1Cl. The van der Waals surface area contributed by atoms with Crippen molar-refractivity contribution in [3.8, 4) is 17.2 Å². The van der Waals surface area contributed by atoms with E-state index in [0.29, 0.717) is 33.0 Å². The second-order valence-electron chi connectivity index (χ2n) is 4.89. The average Bonchev–Trinajstić information content (AvgIpc) is 2.98. The Labute approximate surface area is 143 Å². The smallest absolute Gasteiger partial charge is 0.265 e. The molecule has 2 aromatic carbocycles. The van der Waals surface area contributed by atoms with Crippen LogP contribution in [0, 0.1) is 0 Å². The Morgan fingerprint density at radius 1 is 1.17 bits per heavy atom. The maximum absolute atomic E-state index is 12.2. The van der Waals surface area contributed by atoms with E-state index < -0.39 is 6.10 Å². The molecule has 2 aromatic rings. The molecule has 3 rings (SSSR count). The Kier molecular flexibility index (Phi) is 4.50. The van der Waals surface area contributed by atoms with Crippen LogP contribution in [-0.4, -0.2) is 18.8 Å². The van der Waals surface area contributed by atoms with E-state index >= 15 is 0 Å². The van der Waals surface area contributed by atoms with E-state index in [2.05, 4.69) is 5.32 Å². The summed E-state index contributed by atoms with van der Waals surface area (Å²) >= 11 is 11.9. The lowest BCUT2D eigenvalue weighted by Crippen LogP contribution is -2.30. The molecule has 0 unspecified atom stereocenters. The standard InChI is InChI=1S/C16H13Cl2NO4/c1-9(16(20)19-13-6-10(17)2-4-12(13)18)23-11-3-5-14-15(7-11)22-8-21-14/h2-7,9H,8H2,1H3,(H,19,20)/t9-/m0/s1. The van der Waals surface area contributed by atoms with Crippen molar-refractivity contribution >= 4 is 34.8 Å². The van der Waals surface area contributed by atoms with Gasteiger partial charge in [0.1, 0.15) is 5.75 Å². The third-order valence-corrected chi connectivity index (χ3v) is 3.78. The first-order chi connectivity index (χ1) is 11.0. The van der Waals surface area contributed by atoms with Gasteiger partial charge in [-0.2, -0.15) is 0 Å². The normalized spacial score (nSPS) is 13.5. The second-order valence-corrected chi connectivity index (χ2v) is 5.73. The van der Waals surface area contributed by atoms with Crippen LogP contribution in [0.2, 0.25) is 10.0 Å². The topological polar surface area (TPSA) is 56.8 Å². The molecule has 23 heavy (non-hydrogen) atoms. The van der Waals surface area contributed by atoms with Gasteiger partial charge in [0.15, 0.2) is 17.6 Å². The molecule has 1 heterocycles. The quantitative estimate of drug-likeness (QED) is 0.897. The lowest BCUT2D eigenvalue weighted by molar-refractivity contribution is -0.122. The van der Waals surface area contributed by atoms with Gasteiger partial charge in [-0.3, -0.25) is 4.79 Å². The van der Waals surface area contributed by atoms with Gasteiger partial charge in [0, 0.05) is 11.1 Å². The molecule has 0 saturated carbocycles.